The van der Waals surface area contributed by atoms with E-state index in [2.05, 4.69) is 11.9 Å². The van der Waals surface area contributed by atoms with Crippen LogP contribution in [0.4, 0.5) is 8.78 Å². The quantitative estimate of drug-likeness (QED) is 0.763. The van der Waals surface area contributed by atoms with Crippen LogP contribution >= 0.6 is 12.2 Å². The van der Waals surface area contributed by atoms with Crippen LogP contribution in [0.15, 0.2) is 12.1 Å². The van der Waals surface area contributed by atoms with Gasteiger partial charge in [0.05, 0.1) is 5.52 Å². The summed E-state index contributed by atoms with van der Waals surface area (Å²) in [7, 11) is 0. The molecule has 1 heterocycles. The first-order valence-electron chi connectivity index (χ1n) is 6.15. The Balaban J connectivity index is 2.22. The topological polar surface area (TPSA) is 20.7 Å². The number of fused-ring (bicyclic) bond motifs is 1. The highest BCUT2D eigenvalue weighted by atomic mass is 32.1. The lowest BCUT2D eigenvalue weighted by Gasteiger charge is -2.13. The number of halogens is 2. The van der Waals surface area contributed by atoms with Crippen molar-refractivity contribution in [2.24, 2.45) is 5.92 Å². The molecular formula is C13H14F2N2S. The highest BCUT2D eigenvalue weighted by Gasteiger charge is 2.25. The predicted molar refractivity (Wildman–Crippen MR) is 69.1 cm³/mol. The van der Waals surface area contributed by atoms with E-state index in [1.807, 2.05) is 4.57 Å². The number of nitrogens with zero attached hydrogens (tertiary/aromatic N) is 1. The van der Waals surface area contributed by atoms with Gasteiger partial charge in [0.2, 0.25) is 0 Å². The van der Waals surface area contributed by atoms with Gasteiger partial charge < -0.3 is 9.55 Å². The molecular weight excluding hydrogens is 254 g/mol. The van der Waals surface area contributed by atoms with E-state index >= 15 is 0 Å². The summed E-state index contributed by atoms with van der Waals surface area (Å²) in [5.74, 6) is -0.505. The van der Waals surface area contributed by atoms with Gasteiger partial charge in [-0.05, 0) is 43.5 Å². The van der Waals surface area contributed by atoms with Crippen molar-refractivity contribution in [3.05, 3.63) is 28.5 Å². The molecule has 1 aromatic carbocycles. The zero-order chi connectivity index (χ0) is 12.9. The van der Waals surface area contributed by atoms with Crippen LogP contribution in [0.25, 0.3) is 11.0 Å². The summed E-state index contributed by atoms with van der Waals surface area (Å²) in [6.07, 6.45) is 3.16. The number of hydrogen-bond donors (Lipinski definition) is 1. The molecule has 0 saturated heterocycles. The minimum Gasteiger partial charge on any atom is -0.328 e. The molecule has 2 aromatic rings. The molecule has 1 aromatic heterocycles. The van der Waals surface area contributed by atoms with Crippen LogP contribution in [0.2, 0.25) is 0 Å². The van der Waals surface area contributed by atoms with E-state index in [1.54, 1.807) is 0 Å². The Morgan fingerprint density at radius 3 is 2.78 bits per heavy atom. The van der Waals surface area contributed by atoms with Crippen LogP contribution in [-0.4, -0.2) is 9.55 Å². The number of imidazole rings is 1. The summed E-state index contributed by atoms with van der Waals surface area (Å²) >= 11 is 5.25. The zero-order valence-electron chi connectivity index (χ0n) is 10.0. The van der Waals surface area contributed by atoms with Gasteiger partial charge in [-0.3, -0.25) is 0 Å². The number of H-pyrrole nitrogens is 1. The molecule has 1 aliphatic rings. The zero-order valence-corrected chi connectivity index (χ0v) is 10.9. The van der Waals surface area contributed by atoms with Crippen molar-refractivity contribution in [1.82, 2.24) is 9.55 Å². The molecule has 0 aliphatic heterocycles. The maximum absolute atomic E-state index is 13.7. The highest BCUT2D eigenvalue weighted by Crippen LogP contribution is 2.36. The van der Waals surface area contributed by atoms with E-state index in [0.29, 0.717) is 21.7 Å². The van der Waals surface area contributed by atoms with Gasteiger partial charge in [-0.15, -0.1) is 0 Å². The SMILES string of the molecule is CC1CCC(n2c(=S)[nH]c3c(F)cc(F)cc32)C1. The summed E-state index contributed by atoms with van der Waals surface area (Å²) in [6.45, 7) is 2.19. The molecule has 1 aliphatic carbocycles. The van der Waals surface area contributed by atoms with Crippen molar-refractivity contribution < 1.29 is 8.78 Å². The Morgan fingerprint density at radius 2 is 2.11 bits per heavy atom. The third-order valence-corrected chi connectivity index (χ3v) is 4.08. The molecule has 1 fully saturated rings. The van der Waals surface area contributed by atoms with Gasteiger partial charge in [0, 0.05) is 12.1 Å². The van der Waals surface area contributed by atoms with Crippen LogP contribution < -0.4 is 0 Å². The molecule has 1 saturated carbocycles. The van der Waals surface area contributed by atoms with Crippen LogP contribution in [0.5, 0.6) is 0 Å². The highest BCUT2D eigenvalue weighted by molar-refractivity contribution is 7.71. The lowest BCUT2D eigenvalue weighted by Crippen LogP contribution is -2.05. The van der Waals surface area contributed by atoms with E-state index in [9.17, 15) is 8.78 Å². The average molecular weight is 268 g/mol. The van der Waals surface area contributed by atoms with Gasteiger partial charge in [0.25, 0.3) is 0 Å². The second-order valence-electron chi connectivity index (χ2n) is 5.15. The van der Waals surface area contributed by atoms with E-state index in [-0.39, 0.29) is 6.04 Å². The maximum atomic E-state index is 13.7. The smallest absolute Gasteiger partial charge is 0.178 e. The normalized spacial score (nSPS) is 23.9. The molecule has 2 nitrogen and oxygen atoms in total. The number of aromatic amines is 1. The van der Waals surface area contributed by atoms with Gasteiger partial charge in [-0.2, -0.15) is 0 Å². The summed E-state index contributed by atoms with van der Waals surface area (Å²) in [5, 5.41) is 0. The Bertz CT molecular complexity index is 659. The number of nitrogens with one attached hydrogen (secondary N) is 1. The van der Waals surface area contributed by atoms with Gasteiger partial charge in [-0.25, -0.2) is 8.78 Å². The van der Waals surface area contributed by atoms with Gasteiger partial charge in [0.1, 0.15) is 11.3 Å². The van der Waals surface area contributed by atoms with Crippen molar-refractivity contribution in [3.8, 4) is 0 Å². The third kappa shape index (κ3) is 1.77. The van der Waals surface area contributed by atoms with E-state index in [4.69, 9.17) is 12.2 Å². The first-order chi connectivity index (χ1) is 8.56. The van der Waals surface area contributed by atoms with Gasteiger partial charge in [-0.1, -0.05) is 6.92 Å². The van der Waals surface area contributed by atoms with E-state index in [1.165, 1.54) is 6.07 Å². The fourth-order valence-corrected chi connectivity index (χ4v) is 3.27. The summed E-state index contributed by atoms with van der Waals surface area (Å²) < 4.78 is 29.4. The maximum Gasteiger partial charge on any atom is 0.178 e. The van der Waals surface area contributed by atoms with Crippen LogP contribution in [-0.2, 0) is 0 Å². The van der Waals surface area contributed by atoms with Crippen LogP contribution in [0.3, 0.4) is 0 Å². The van der Waals surface area contributed by atoms with Gasteiger partial charge >= 0.3 is 0 Å². The second-order valence-corrected chi connectivity index (χ2v) is 5.54. The molecule has 3 rings (SSSR count). The minimum atomic E-state index is -0.583. The van der Waals surface area contributed by atoms with Crippen LogP contribution in [0, 0.1) is 22.3 Å². The fraction of sp³-hybridized carbons (Fsp3) is 0.462. The summed E-state index contributed by atoms with van der Waals surface area (Å²) in [5.41, 5.74) is 0.845. The van der Waals surface area contributed by atoms with Crippen molar-refractivity contribution in [2.45, 2.75) is 32.2 Å². The molecule has 5 heteroatoms. The monoisotopic (exact) mass is 268 g/mol. The molecule has 0 bridgehead atoms. The third-order valence-electron chi connectivity index (χ3n) is 3.78. The molecule has 2 atom stereocenters. The second kappa shape index (κ2) is 4.16. The molecule has 1 N–H and O–H groups in total. The number of rotatable bonds is 1. The number of hydrogen-bond acceptors (Lipinski definition) is 1. The van der Waals surface area contributed by atoms with E-state index in [0.717, 1.165) is 25.3 Å². The lowest BCUT2D eigenvalue weighted by atomic mass is 10.1. The Hall–Kier alpha value is -1.23. The minimum absolute atomic E-state index is 0.252. The average Bonchev–Trinajstić information content (AvgIpc) is 2.82. The van der Waals surface area contributed by atoms with E-state index < -0.39 is 11.6 Å². The molecule has 96 valence electrons. The largest absolute Gasteiger partial charge is 0.328 e. The van der Waals surface area contributed by atoms with Crippen molar-refractivity contribution >= 4 is 23.3 Å². The molecule has 18 heavy (non-hydrogen) atoms. The first kappa shape index (κ1) is 11.8. The van der Waals surface area contributed by atoms with Crippen molar-refractivity contribution in [2.75, 3.05) is 0 Å². The fourth-order valence-electron chi connectivity index (χ4n) is 2.92. The first-order valence-corrected chi connectivity index (χ1v) is 6.56. The van der Waals surface area contributed by atoms with Gasteiger partial charge in [0.15, 0.2) is 10.6 Å². The Labute approximate surface area is 109 Å². The molecule has 0 spiro atoms. The molecule has 2 unspecified atom stereocenters. The van der Waals surface area contributed by atoms with Crippen molar-refractivity contribution in [3.63, 3.8) is 0 Å². The number of aromatic nitrogens is 2. The van der Waals surface area contributed by atoms with Crippen molar-refractivity contribution in [1.29, 1.82) is 0 Å². The summed E-state index contributed by atoms with van der Waals surface area (Å²) in [4.78, 5) is 2.85. The Kier molecular flexibility index (Phi) is 2.73. The standard InChI is InChI=1S/C13H14F2N2S/c1-7-2-3-9(4-7)17-11-6-8(14)5-10(15)12(11)16-13(17)18/h5-7,9H,2-4H2,1H3,(H,16,18). The molecule has 0 amide bonds. The van der Waals surface area contributed by atoms with Crippen LogP contribution in [0.1, 0.15) is 32.2 Å². The molecule has 0 radical (unpaired) electrons. The Morgan fingerprint density at radius 1 is 1.33 bits per heavy atom. The summed E-state index contributed by atoms with van der Waals surface area (Å²) in [6, 6.07) is 2.49. The lowest BCUT2D eigenvalue weighted by molar-refractivity contribution is 0.499. The number of benzene rings is 1. The predicted octanol–water partition coefficient (Wildman–Crippen LogP) is 4.34.